The van der Waals surface area contributed by atoms with Crippen LogP contribution in [0.1, 0.15) is 44.2 Å². The largest absolute Gasteiger partial charge is 0.349 e. The molecule has 1 aromatic heterocycles. The van der Waals surface area contributed by atoms with Crippen molar-refractivity contribution in [3.8, 4) is 0 Å². The van der Waals surface area contributed by atoms with Crippen LogP contribution < -0.4 is 16.0 Å². The normalized spacial score (nSPS) is 16.9. The lowest BCUT2D eigenvalue weighted by molar-refractivity contribution is -0.125. The minimum atomic E-state index is -0.316. The Bertz CT molecular complexity index is 817. The van der Waals surface area contributed by atoms with Gasteiger partial charge in [0.2, 0.25) is 5.91 Å². The van der Waals surface area contributed by atoms with Gasteiger partial charge in [-0.15, -0.1) is 11.3 Å². The van der Waals surface area contributed by atoms with Crippen molar-refractivity contribution in [1.82, 2.24) is 16.0 Å². The summed E-state index contributed by atoms with van der Waals surface area (Å²) in [4.78, 5) is 24.2. The molecule has 0 radical (unpaired) electrons. The van der Waals surface area contributed by atoms with E-state index < -0.39 is 0 Å². The molecular weight excluding hydrogens is 382 g/mol. The second-order valence-corrected chi connectivity index (χ2v) is 8.60. The lowest BCUT2D eigenvalue weighted by Gasteiger charge is -2.27. The molecule has 27 heavy (non-hydrogen) atoms. The van der Waals surface area contributed by atoms with Crippen LogP contribution in [-0.4, -0.2) is 25.5 Å². The van der Waals surface area contributed by atoms with E-state index in [9.17, 15) is 9.59 Å². The van der Waals surface area contributed by atoms with E-state index in [-0.39, 0.29) is 23.9 Å². The molecule has 0 saturated heterocycles. The number of carbonyl (C=O) groups excluding carboxylic acids is 2. The van der Waals surface area contributed by atoms with E-state index in [4.69, 9.17) is 11.6 Å². The lowest BCUT2D eigenvalue weighted by atomic mass is 9.89. The Morgan fingerprint density at radius 1 is 1.30 bits per heavy atom. The van der Waals surface area contributed by atoms with E-state index in [1.54, 1.807) is 18.4 Å². The van der Waals surface area contributed by atoms with Crippen LogP contribution in [0.25, 0.3) is 10.1 Å². The average molecular weight is 408 g/mol. The average Bonchev–Trinajstić information content (AvgIpc) is 3.34. The first-order valence-electron chi connectivity index (χ1n) is 9.42. The summed E-state index contributed by atoms with van der Waals surface area (Å²) in [5.74, 6) is 0.0460. The summed E-state index contributed by atoms with van der Waals surface area (Å²) in [5.41, 5.74) is 1.10. The number of carbonyl (C=O) groups is 2. The van der Waals surface area contributed by atoms with Gasteiger partial charge >= 0.3 is 6.03 Å². The highest BCUT2D eigenvalue weighted by Gasteiger charge is 2.30. The molecule has 1 aliphatic rings. The molecule has 3 amide bonds. The monoisotopic (exact) mass is 407 g/mol. The van der Waals surface area contributed by atoms with Gasteiger partial charge in [-0.3, -0.25) is 4.79 Å². The van der Waals surface area contributed by atoms with Crippen LogP contribution in [0.15, 0.2) is 23.6 Å². The predicted octanol–water partition coefficient (Wildman–Crippen LogP) is 4.47. The van der Waals surface area contributed by atoms with Gasteiger partial charge < -0.3 is 16.0 Å². The Labute approximate surface area is 168 Å². The van der Waals surface area contributed by atoms with Crippen LogP contribution in [0.5, 0.6) is 0 Å². The second-order valence-electron chi connectivity index (χ2n) is 7.22. The molecular formula is C20H26ClN3O2S. The van der Waals surface area contributed by atoms with Gasteiger partial charge in [-0.2, -0.15) is 0 Å². The molecule has 146 valence electrons. The van der Waals surface area contributed by atoms with Gasteiger partial charge in [-0.05, 0) is 53.3 Å². The summed E-state index contributed by atoms with van der Waals surface area (Å²) < 4.78 is 1.14. The van der Waals surface area contributed by atoms with Crippen molar-refractivity contribution in [3.05, 3.63) is 34.2 Å². The number of amides is 3. The number of fused-ring (bicyclic) bond motifs is 1. The molecule has 3 N–H and O–H groups in total. The first-order chi connectivity index (χ1) is 13.0. The fraction of sp³-hybridized carbons (Fsp3) is 0.500. The maximum atomic E-state index is 12.8. The molecule has 0 bridgehead atoms. The smallest absolute Gasteiger partial charge is 0.314 e. The minimum absolute atomic E-state index is 0.0494. The molecule has 0 spiro atoms. The number of benzene rings is 1. The fourth-order valence-electron chi connectivity index (χ4n) is 3.78. The molecule has 1 heterocycles. The molecule has 5 nitrogen and oxygen atoms in total. The SMILES string of the molecule is CNC(=O)NC[C@@H](C)C(=O)N[C@H](c1cc(Cl)cc2sccc12)C1CCCC1. The molecule has 2 atom stereocenters. The van der Waals surface area contributed by atoms with E-state index in [1.165, 1.54) is 12.8 Å². The van der Waals surface area contributed by atoms with E-state index in [0.717, 1.165) is 28.5 Å². The number of nitrogens with one attached hydrogen (secondary N) is 3. The summed E-state index contributed by atoms with van der Waals surface area (Å²) in [5, 5.41) is 12.4. The highest BCUT2D eigenvalue weighted by atomic mass is 35.5. The lowest BCUT2D eigenvalue weighted by Crippen LogP contribution is -2.42. The van der Waals surface area contributed by atoms with Crippen molar-refractivity contribution in [2.45, 2.75) is 38.6 Å². The van der Waals surface area contributed by atoms with Crippen molar-refractivity contribution in [1.29, 1.82) is 0 Å². The molecule has 2 aromatic rings. The highest BCUT2D eigenvalue weighted by Crippen LogP contribution is 2.40. The minimum Gasteiger partial charge on any atom is -0.349 e. The summed E-state index contributed by atoms with van der Waals surface area (Å²) in [6, 6.07) is 5.74. The predicted molar refractivity (Wildman–Crippen MR) is 111 cm³/mol. The molecule has 3 rings (SSSR count). The third kappa shape index (κ3) is 4.74. The third-order valence-electron chi connectivity index (χ3n) is 5.32. The summed E-state index contributed by atoms with van der Waals surface area (Å²) in [6.45, 7) is 2.13. The van der Waals surface area contributed by atoms with Crippen LogP contribution in [0, 0.1) is 11.8 Å². The Morgan fingerprint density at radius 2 is 2.04 bits per heavy atom. The van der Waals surface area contributed by atoms with E-state index in [1.807, 2.05) is 19.1 Å². The summed E-state index contributed by atoms with van der Waals surface area (Å²) in [7, 11) is 1.56. The van der Waals surface area contributed by atoms with Gasteiger partial charge in [-0.25, -0.2) is 4.79 Å². The first-order valence-corrected chi connectivity index (χ1v) is 10.7. The van der Waals surface area contributed by atoms with Crippen molar-refractivity contribution in [3.63, 3.8) is 0 Å². The van der Waals surface area contributed by atoms with Gasteiger partial charge in [0.15, 0.2) is 0 Å². The molecule has 1 aromatic carbocycles. The Balaban J connectivity index is 1.82. The standard InChI is InChI=1S/C20H26ClN3O2S/c1-12(11-23-20(26)22-2)19(25)24-18(13-5-3-4-6-13)16-9-14(21)10-17-15(16)7-8-27-17/h7-10,12-13,18H,3-6,11H2,1-2H3,(H,24,25)(H2,22,23,26)/t12-,18+/m1/s1. The Hall–Kier alpha value is -1.79. The highest BCUT2D eigenvalue weighted by molar-refractivity contribution is 7.17. The number of hydrogen-bond acceptors (Lipinski definition) is 3. The van der Waals surface area contributed by atoms with Gasteiger partial charge in [0.05, 0.1) is 12.0 Å². The topological polar surface area (TPSA) is 70.2 Å². The summed E-state index contributed by atoms with van der Waals surface area (Å²) >= 11 is 8.03. The van der Waals surface area contributed by atoms with E-state index in [0.29, 0.717) is 17.5 Å². The number of urea groups is 1. The molecule has 1 saturated carbocycles. The van der Waals surface area contributed by atoms with Crippen LogP contribution in [-0.2, 0) is 4.79 Å². The van der Waals surface area contributed by atoms with Crippen molar-refractivity contribution in [2.75, 3.05) is 13.6 Å². The van der Waals surface area contributed by atoms with Gasteiger partial charge in [0.25, 0.3) is 0 Å². The van der Waals surface area contributed by atoms with Crippen LogP contribution in [0.4, 0.5) is 4.79 Å². The Kier molecular flexibility index (Phi) is 6.60. The van der Waals surface area contributed by atoms with E-state index >= 15 is 0 Å². The first kappa shape index (κ1) is 20.0. The number of hydrogen-bond donors (Lipinski definition) is 3. The zero-order chi connectivity index (χ0) is 19.4. The number of rotatable bonds is 6. The van der Waals surface area contributed by atoms with Gasteiger partial charge in [0.1, 0.15) is 0 Å². The zero-order valence-electron chi connectivity index (χ0n) is 15.7. The van der Waals surface area contributed by atoms with E-state index in [2.05, 4.69) is 27.4 Å². The van der Waals surface area contributed by atoms with Crippen molar-refractivity contribution in [2.24, 2.45) is 11.8 Å². The molecule has 7 heteroatoms. The number of halogens is 1. The van der Waals surface area contributed by atoms with Crippen LogP contribution in [0.3, 0.4) is 0 Å². The molecule has 1 aliphatic carbocycles. The molecule has 1 fully saturated rings. The zero-order valence-corrected chi connectivity index (χ0v) is 17.3. The number of thiophene rings is 1. The van der Waals surface area contributed by atoms with Gasteiger partial charge in [-0.1, -0.05) is 31.4 Å². The van der Waals surface area contributed by atoms with Crippen molar-refractivity contribution < 1.29 is 9.59 Å². The maximum absolute atomic E-state index is 12.8. The summed E-state index contributed by atoms with van der Waals surface area (Å²) in [6.07, 6.45) is 4.60. The Morgan fingerprint density at radius 3 is 2.74 bits per heavy atom. The second kappa shape index (κ2) is 8.93. The van der Waals surface area contributed by atoms with Crippen LogP contribution in [0.2, 0.25) is 5.02 Å². The van der Waals surface area contributed by atoms with Crippen molar-refractivity contribution >= 4 is 45.0 Å². The molecule has 0 aliphatic heterocycles. The quantitative estimate of drug-likeness (QED) is 0.661. The third-order valence-corrected chi connectivity index (χ3v) is 6.40. The van der Waals surface area contributed by atoms with Gasteiger partial charge in [0, 0.05) is 23.3 Å². The fourth-order valence-corrected chi connectivity index (χ4v) is 4.93. The maximum Gasteiger partial charge on any atom is 0.314 e. The van der Waals surface area contributed by atoms with Crippen LogP contribution >= 0.6 is 22.9 Å². The molecule has 0 unspecified atom stereocenters.